The lowest BCUT2D eigenvalue weighted by atomic mass is 10.1. The van der Waals surface area contributed by atoms with Crippen LogP contribution in [0.3, 0.4) is 0 Å². The van der Waals surface area contributed by atoms with Crippen molar-refractivity contribution in [2.24, 2.45) is 0 Å². The number of hydrogen-bond donors (Lipinski definition) is 2. The molecule has 1 unspecified atom stereocenters. The number of benzene rings is 1. The lowest BCUT2D eigenvalue weighted by molar-refractivity contribution is -0.136. The number of aliphatic carboxylic acids is 1. The van der Waals surface area contributed by atoms with E-state index in [0.29, 0.717) is 6.42 Å². The van der Waals surface area contributed by atoms with Gasteiger partial charge in [-0.15, -0.1) is 11.8 Å². The van der Waals surface area contributed by atoms with E-state index in [1.54, 1.807) is 0 Å². The summed E-state index contributed by atoms with van der Waals surface area (Å²) in [7, 11) is 0. The zero-order chi connectivity index (χ0) is 14.3. The molecule has 0 fully saturated rings. The van der Waals surface area contributed by atoms with Gasteiger partial charge in [0, 0.05) is 6.04 Å². The quantitative estimate of drug-likeness (QED) is 0.801. The first-order valence-corrected chi connectivity index (χ1v) is 7.21. The van der Waals surface area contributed by atoms with Crippen LogP contribution >= 0.6 is 11.8 Å². The third kappa shape index (κ3) is 6.29. The Hall–Kier alpha value is -1.49. The normalized spacial score (nSPS) is 12.2. The summed E-state index contributed by atoms with van der Waals surface area (Å²) in [5.74, 6) is -0.840. The van der Waals surface area contributed by atoms with Crippen molar-refractivity contribution in [2.45, 2.75) is 31.6 Å². The van der Waals surface area contributed by atoms with Crippen molar-refractivity contribution in [1.82, 2.24) is 5.32 Å². The minimum absolute atomic E-state index is 0.0745. The standard InChI is InChI=1S/C14H19NO3S/c1-10(2)15-13(16)9-19-12(14(17)18)8-11-6-4-3-5-7-11/h3-7,10,12H,8-9H2,1-2H3,(H,15,16)(H,17,18). The number of amides is 1. The van der Waals surface area contributed by atoms with Crippen LogP contribution in [0.5, 0.6) is 0 Å². The summed E-state index contributed by atoms with van der Waals surface area (Å²) in [4.78, 5) is 22.7. The summed E-state index contributed by atoms with van der Waals surface area (Å²) in [6, 6.07) is 9.51. The summed E-state index contributed by atoms with van der Waals surface area (Å²) in [5, 5.41) is 11.3. The molecule has 1 atom stereocenters. The maximum Gasteiger partial charge on any atom is 0.316 e. The Kier molecular flexibility index (Phi) is 6.42. The van der Waals surface area contributed by atoms with Crippen LogP contribution in [0.25, 0.3) is 0 Å². The maximum atomic E-state index is 11.5. The number of thioether (sulfide) groups is 1. The summed E-state index contributed by atoms with van der Waals surface area (Å²) in [6.07, 6.45) is 0.426. The molecule has 0 aromatic heterocycles. The molecule has 0 radical (unpaired) electrons. The lowest BCUT2D eigenvalue weighted by Gasteiger charge is -2.13. The zero-order valence-corrected chi connectivity index (χ0v) is 11.9. The van der Waals surface area contributed by atoms with E-state index in [4.69, 9.17) is 0 Å². The van der Waals surface area contributed by atoms with Gasteiger partial charge in [-0.3, -0.25) is 9.59 Å². The number of carboxylic acids is 1. The molecular weight excluding hydrogens is 262 g/mol. The van der Waals surface area contributed by atoms with E-state index in [0.717, 1.165) is 17.3 Å². The van der Waals surface area contributed by atoms with Gasteiger partial charge in [0.25, 0.3) is 0 Å². The Morgan fingerprint density at radius 3 is 2.42 bits per heavy atom. The molecular formula is C14H19NO3S. The van der Waals surface area contributed by atoms with Crippen molar-refractivity contribution in [3.05, 3.63) is 35.9 Å². The van der Waals surface area contributed by atoms with Crippen LogP contribution < -0.4 is 5.32 Å². The first kappa shape index (κ1) is 15.6. The molecule has 1 amide bonds. The second kappa shape index (κ2) is 7.84. The molecule has 0 heterocycles. The Balaban J connectivity index is 2.50. The summed E-state index contributed by atoms with van der Waals surface area (Å²) in [6.45, 7) is 3.75. The van der Waals surface area contributed by atoms with Gasteiger partial charge in [0.15, 0.2) is 0 Å². The smallest absolute Gasteiger partial charge is 0.316 e. The third-order valence-electron chi connectivity index (χ3n) is 2.40. The highest BCUT2D eigenvalue weighted by Gasteiger charge is 2.20. The van der Waals surface area contributed by atoms with Gasteiger partial charge in [-0.1, -0.05) is 30.3 Å². The van der Waals surface area contributed by atoms with Gasteiger partial charge in [-0.05, 0) is 25.8 Å². The molecule has 1 rings (SSSR count). The predicted octanol–water partition coefficient (Wildman–Crippen LogP) is 1.94. The van der Waals surface area contributed by atoms with Crippen molar-refractivity contribution in [2.75, 3.05) is 5.75 Å². The largest absolute Gasteiger partial charge is 0.480 e. The molecule has 0 aliphatic carbocycles. The molecule has 1 aromatic rings. The van der Waals surface area contributed by atoms with Crippen molar-refractivity contribution in [3.63, 3.8) is 0 Å². The van der Waals surface area contributed by atoms with E-state index in [9.17, 15) is 14.7 Å². The number of nitrogens with one attached hydrogen (secondary N) is 1. The van der Waals surface area contributed by atoms with Gasteiger partial charge in [-0.25, -0.2) is 0 Å². The van der Waals surface area contributed by atoms with E-state index >= 15 is 0 Å². The first-order chi connectivity index (χ1) is 8.99. The monoisotopic (exact) mass is 281 g/mol. The van der Waals surface area contributed by atoms with E-state index in [2.05, 4.69) is 5.32 Å². The lowest BCUT2D eigenvalue weighted by Crippen LogP contribution is -2.33. The number of carbonyl (C=O) groups is 2. The second-order valence-electron chi connectivity index (χ2n) is 4.55. The molecule has 4 nitrogen and oxygen atoms in total. The molecule has 0 bridgehead atoms. The number of carboxylic acid groups (broad SMARTS) is 1. The third-order valence-corrected chi connectivity index (χ3v) is 3.60. The molecule has 19 heavy (non-hydrogen) atoms. The van der Waals surface area contributed by atoms with Crippen LogP contribution in [-0.4, -0.2) is 34.0 Å². The van der Waals surface area contributed by atoms with Crippen LogP contribution in [0, 0.1) is 0 Å². The van der Waals surface area contributed by atoms with E-state index < -0.39 is 11.2 Å². The van der Waals surface area contributed by atoms with Crippen molar-refractivity contribution < 1.29 is 14.7 Å². The fourth-order valence-electron chi connectivity index (χ4n) is 1.59. The minimum Gasteiger partial charge on any atom is -0.480 e. The van der Waals surface area contributed by atoms with Gasteiger partial charge >= 0.3 is 5.97 Å². The predicted molar refractivity (Wildman–Crippen MR) is 77.3 cm³/mol. The van der Waals surface area contributed by atoms with E-state index in [1.807, 2.05) is 44.2 Å². The van der Waals surface area contributed by atoms with Crippen LogP contribution in [0.4, 0.5) is 0 Å². The number of rotatable bonds is 7. The van der Waals surface area contributed by atoms with Gasteiger partial charge in [-0.2, -0.15) is 0 Å². The molecule has 0 spiro atoms. The number of hydrogen-bond acceptors (Lipinski definition) is 3. The summed E-state index contributed by atoms with van der Waals surface area (Å²) >= 11 is 1.16. The van der Waals surface area contributed by atoms with Crippen molar-refractivity contribution >= 4 is 23.6 Å². The molecule has 0 aliphatic heterocycles. The van der Waals surface area contributed by atoms with Crippen LogP contribution in [-0.2, 0) is 16.0 Å². The SMILES string of the molecule is CC(C)NC(=O)CSC(Cc1ccccc1)C(=O)O. The Labute approximate surface area is 117 Å². The highest BCUT2D eigenvalue weighted by atomic mass is 32.2. The molecule has 1 aromatic carbocycles. The molecule has 5 heteroatoms. The Morgan fingerprint density at radius 2 is 1.89 bits per heavy atom. The average molecular weight is 281 g/mol. The highest BCUT2D eigenvalue weighted by Crippen LogP contribution is 2.17. The van der Waals surface area contributed by atoms with Crippen LogP contribution in [0.15, 0.2) is 30.3 Å². The van der Waals surface area contributed by atoms with Gasteiger partial charge in [0.1, 0.15) is 5.25 Å². The van der Waals surface area contributed by atoms with Gasteiger partial charge in [0.05, 0.1) is 5.75 Å². The molecule has 0 saturated carbocycles. The fraction of sp³-hybridized carbons (Fsp3) is 0.429. The molecule has 104 valence electrons. The van der Waals surface area contributed by atoms with E-state index in [1.165, 1.54) is 0 Å². The second-order valence-corrected chi connectivity index (χ2v) is 5.74. The minimum atomic E-state index is -0.883. The topological polar surface area (TPSA) is 66.4 Å². The maximum absolute atomic E-state index is 11.5. The molecule has 0 aliphatic rings. The van der Waals surface area contributed by atoms with E-state index in [-0.39, 0.29) is 17.7 Å². The van der Waals surface area contributed by atoms with Crippen molar-refractivity contribution in [1.29, 1.82) is 0 Å². The number of carbonyl (C=O) groups excluding carboxylic acids is 1. The molecule has 2 N–H and O–H groups in total. The Morgan fingerprint density at radius 1 is 1.26 bits per heavy atom. The van der Waals surface area contributed by atoms with Gasteiger partial charge < -0.3 is 10.4 Å². The fourth-order valence-corrected chi connectivity index (χ4v) is 2.47. The zero-order valence-electron chi connectivity index (χ0n) is 11.1. The average Bonchev–Trinajstić information content (AvgIpc) is 2.34. The van der Waals surface area contributed by atoms with Crippen molar-refractivity contribution in [3.8, 4) is 0 Å². The van der Waals surface area contributed by atoms with Crippen LogP contribution in [0.2, 0.25) is 0 Å². The Bertz CT molecular complexity index is 420. The summed E-state index contributed by atoms with van der Waals surface area (Å²) in [5.41, 5.74) is 0.965. The van der Waals surface area contributed by atoms with Crippen LogP contribution in [0.1, 0.15) is 19.4 Å². The first-order valence-electron chi connectivity index (χ1n) is 6.16. The highest BCUT2D eigenvalue weighted by molar-refractivity contribution is 8.01. The summed E-state index contributed by atoms with van der Waals surface area (Å²) < 4.78 is 0. The molecule has 0 saturated heterocycles. The van der Waals surface area contributed by atoms with Gasteiger partial charge in [0.2, 0.25) is 5.91 Å².